The minimum Gasteiger partial charge on any atom is -0.348 e. The molecule has 3 aromatic rings. The van der Waals surface area contributed by atoms with Crippen LogP contribution >= 0.6 is 0 Å². The summed E-state index contributed by atoms with van der Waals surface area (Å²) in [5.74, 6) is 0.0940. The number of rotatable bonds is 6. The van der Waals surface area contributed by atoms with Gasteiger partial charge in [0.2, 0.25) is 5.91 Å². The van der Waals surface area contributed by atoms with Crippen molar-refractivity contribution in [3.8, 4) is 0 Å². The maximum Gasteiger partial charge on any atom is 0.220 e. The van der Waals surface area contributed by atoms with Crippen LogP contribution in [-0.4, -0.2) is 36.5 Å². The Bertz CT molecular complexity index is 974. The molecule has 8 heteroatoms. The highest BCUT2D eigenvalue weighted by Gasteiger charge is 2.30. The molecule has 148 valence electrons. The predicted molar refractivity (Wildman–Crippen MR) is 107 cm³/mol. The van der Waals surface area contributed by atoms with E-state index >= 15 is 0 Å². The van der Waals surface area contributed by atoms with E-state index in [0.29, 0.717) is 13.0 Å². The van der Waals surface area contributed by atoms with Gasteiger partial charge in [0.25, 0.3) is 0 Å². The second kappa shape index (κ2) is 7.71. The normalized spacial score (nSPS) is 20.1. The Morgan fingerprint density at radius 1 is 1.29 bits per heavy atom. The predicted octanol–water partition coefficient (Wildman–Crippen LogP) is 2.34. The second-order valence-corrected chi connectivity index (χ2v) is 7.64. The molecule has 2 N–H and O–H groups in total. The summed E-state index contributed by atoms with van der Waals surface area (Å²) in [6, 6.07) is 2.50. The first-order valence-electron chi connectivity index (χ1n) is 9.92. The molecule has 1 amide bonds. The van der Waals surface area contributed by atoms with E-state index < -0.39 is 0 Å². The van der Waals surface area contributed by atoms with Crippen LogP contribution in [0.25, 0.3) is 11.0 Å². The molecule has 3 aromatic heterocycles. The third kappa shape index (κ3) is 3.64. The fraction of sp³-hybridized carbons (Fsp3) is 0.500. The van der Waals surface area contributed by atoms with Crippen molar-refractivity contribution >= 4 is 16.9 Å². The summed E-state index contributed by atoms with van der Waals surface area (Å²) in [5.41, 5.74) is 3.06. The highest BCUT2D eigenvalue weighted by Crippen LogP contribution is 2.24. The largest absolute Gasteiger partial charge is 0.348 e. The number of fused-ring (bicyclic) bond motifs is 1. The Kier molecular flexibility index (Phi) is 5.13. The molecule has 0 radical (unpaired) electrons. The summed E-state index contributed by atoms with van der Waals surface area (Å²) in [6.45, 7) is 7.75. The lowest BCUT2D eigenvalue weighted by molar-refractivity contribution is -0.123. The van der Waals surface area contributed by atoms with E-state index in [1.54, 1.807) is 0 Å². The SMILES string of the molecule is CCn1cc([C@@H]2NC(=O)CC[C@H]2NCc2cnc3c(cnn3C(C)C)c2)cn1. The van der Waals surface area contributed by atoms with Gasteiger partial charge in [-0.3, -0.25) is 9.48 Å². The summed E-state index contributed by atoms with van der Waals surface area (Å²) in [4.78, 5) is 16.6. The lowest BCUT2D eigenvalue weighted by Crippen LogP contribution is -2.48. The van der Waals surface area contributed by atoms with Gasteiger partial charge in [-0.05, 0) is 38.8 Å². The highest BCUT2D eigenvalue weighted by atomic mass is 16.1. The third-order valence-corrected chi connectivity index (χ3v) is 5.29. The minimum absolute atomic E-state index is 0.0677. The van der Waals surface area contributed by atoms with Gasteiger partial charge in [-0.25, -0.2) is 9.67 Å². The van der Waals surface area contributed by atoms with Crippen molar-refractivity contribution in [2.24, 2.45) is 0 Å². The maximum absolute atomic E-state index is 12.0. The molecule has 0 aromatic carbocycles. The van der Waals surface area contributed by atoms with Crippen molar-refractivity contribution < 1.29 is 4.79 Å². The molecule has 0 saturated carbocycles. The molecule has 4 heterocycles. The van der Waals surface area contributed by atoms with Gasteiger partial charge in [0.15, 0.2) is 5.65 Å². The second-order valence-electron chi connectivity index (χ2n) is 7.64. The fourth-order valence-corrected chi connectivity index (χ4v) is 3.76. The van der Waals surface area contributed by atoms with Crippen LogP contribution in [0.3, 0.4) is 0 Å². The molecule has 2 atom stereocenters. The van der Waals surface area contributed by atoms with Gasteiger partial charge < -0.3 is 10.6 Å². The number of nitrogens with zero attached hydrogens (tertiary/aromatic N) is 5. The number of piperidine rings is 1. The number of nitrogens with one attached hydrogen (secondary N) is 2. The van der Waals surface area contributed by atoms with Crippen LogP contribution in [-0.2, 0) is 17.9 Å². The van der Waals surface area contributed by atoms with Crippen molar-refractivity contribution in [2.75, 3.05) is 0 Å². The van der Waals surface area contributed by atoms with E-state index in [2.05, 4.69) is 52.7 Å². The van der Waals surface area contributed by atoms with Gasteiger partial charge in [0.1, 0.15) is 0 Å². The zero-order valence-electron chi connectivity index (χ0n) is 16.6. The van der Waals surface area contributed by atoms with Crippen LogP contribution in [0, 0.1) is 0 Å². The molecule has 28 heavy (non-hydrogen) atoms. The Labute approximate surface area is 164 Å². The number of hydrogen-bond donors (Lipinski definition) is 2. The molecule has 0 unspecified atom stereocenters. The highest BCUT2D eigenvalue weighted by molar-refractivity contribution is 5.77. The zero-order valence-corrected chi connectivity index (χ0v) is 16.6. The maximum atomic E-state index is 12.0. The van der Waals surface area contributed by atoms with Gasteiger partial charge in [-0.2, -0.15) is 10.2 Å². The van der Waals surface area contributed by atoms with Crippen molar-refractivity contribution in [2.45, 2.75) is 64.8 Å². The van der Waals surface area contributed by atoms with E-state index in [1.165, 1.54) is 0 Å². The first kappa shape index (κ1) is 18.6. The first-order chi connectivity index (χ1) is 13.5. The van der Waals surface area contributed by atoms with Crippen molar-refractivity contribution in [1.29, 1.82) is 0 Å². The van der Waals surface area contributed by atoms with E-state index in [9.17, 15) is 4.79 Å². The molecule has 4 rings (SSSR count). The summed E-state index contributed by atoms with van der Waals surface area (Å²) in [6.07, 6.45) is 8.97. The molecule has 0 bridgehead atoms. The molecule has 0 spiro atoms. The molecule has 1 fully saturated rings. The van der Waals surface area contributed by atoms with Crippen molar-refractivity contribution in [3.05, 3.63) is 42.0 Å². The van der Waals surface area contributed by atoms with Gasteiger partial charge >= 0.3 is 0 Å². The summed E-state index contributed by atoms with van der Waals surface area (Å²) >= 11 is 0. The summed E-state index contributed by atoms with van der Waals surface area (Å²) in [7, 11) is 0. The van der Waals surface area contributed by atoms with Crippen LogP contribution in [0.1, 0.15) is 56.8 Å². The number of pyridine rings is 1. The summed E-state index contributed by atoms with van der Waals surface area (Å²) in [5, 5.41) is 16.6. The van der Waals surface area contributed by atoms with Crippen LogP contribution in [0.15, 0.2) is 30.9 Å². The number of carbonyl (C=O) groups excluding carboxylic acids is 1. The van der Waals surface area contributed by atoms with E-state index in [0.717, 1.165) is 35.1 Å². The molecular formula is C20H27N7O. The van der Waals surface area contributed by atoms with Crippen LogP contribution in [0.5, 0.6) is 0 Å². The molecule has 8 nitrogen and oxygen atoms in total. The Hall–Kier alpha value is -2.74. The van der Waals surface area contributed by atoms with E-state index in [-0.39, 0.29) is 24.0 Å². The monoisotopic (exact) mass is 381 g/mol. The van der Waals surface area contributed by atoms with Gasteiger partial charge in [0.05, 0.1) is 18.4 Å². The molecular weight excluding hydrogens is 354 g/mol. The summed E-state index contributed by atoms with van der Waals surface area (Å²) < 4.78 is 3.82. The number of carbonyl (C=O) groups is 1. The first-order valence-corrected chi connectivity index (χ1v) is 9.92. The minimum atomic E-state index is -0.0677. The lowest BCUT2D eigenvalue weighted by Gasteiger charge is -2.32. The number of aryl methyl sites for hydroxylation is 1. The van der Waals surface area contributed by atoms with Crippen LogP contribution < -0.4 is 10.6 Å². The Balaban J connectivity index is 1.49. The molecule has 1 aliphatic rings. The van der Waals surface area contributed by atoms with Crippen LogP contribution in [0.4, 0.5) is 0 Å². The average Bonchev–Trinajstić information content (AvgIpc) is 3.33. The molecule has 0 aliphatic carbocycles. The van der Waals surface area contributed by atoms with Gasteiger partial charge in [0, 0.05) is 54.9 Å². The van der Waals surface area contributed by atoms with Crippen molar-refractivity contribution in [1.82, 2.24) is 35.2 Å². The smallest absolute Gasteiger partial charge is 0.220 e. The lowest BCUT2D eigenvalue weighted by atomic mass is 9.93. The Morgan fingerprint density at radius 2 is 2.14 bits per heavy atom. The number of amides is 1. The quantitative estimate of drug-likeness (QED) is 0.684. The topological polar surface area (TPSA) is 89.7 Å². The average molecular weight is 381 g/mol. The van der Waals surface area contributed by atoms with Gasteiger partial charge in [-0.15, -0.1) is 0 Å². The van der Waals surface area contributed by atoms with E-state index in [4.69, 9.17) is 0 Å². The number of hydrogen-bond acceptors (Lipinski definition) is 5. The standard InChI is InChI=1S/C20H27N7O/c1-4-26-12-16(11-23-26)19-17(5-6-18(28)25-19)21-8-14-7-15-10-24-27(13(2)3)20(15)22-9-14/h7,9-13,17,19,21H,4-6,8H2,1-3H3,(H,25,28)/t17-,19+/m1/s1. The number of aromatic nitrogens is 5. The molecule has 1 aliphatic heterocycles. The van der Waals surface area contributed by atoms with Crippen molar-refractivity contribution in [3.63, 3.8) is 0 Å². The Morgan fingerprint density at radius 3 is 2.89 bits per heavy atom. The zero-order chi connectivity index (χ0) is 19.7. The van der Waals surface area contributed by atoms with E-state index in [1.807, 2.05) is 34.2 Å². The van der Waals surface area contributed by atoms with Crippen LogP contribution in [0.2, 0.25) is 0 Å². The molecule has 1 saturated heterocycles. The third-order valence-electron chi connectivity index (χ3n) is 5.29. The fourth-order valence-electron chi connectivity index (χ4n) is 3.76. The van der Waals surface area contributed by atoms with Gasteiger partial charge in [-0.1, -0.05) is 0 Å².